The van der Waals surface area contributed by atoms with Gasteiger partial charge in [-0.25, -0.2) is 17.5 Å². The van der Waals surface area contributed by atoms with Gasteiger partial charge in [-0.15, -0.1) is 5.10 Å². The third kappa shape index (κ3) is 5.98. The number of ether oxygens (including phenoxy) is 1. The molecule has 0 spiro atoms. The first-order chi connectivity index (χ1) is 16.1. The van der Waals surface area contributed by atoms with Crippen molar-refractivity contribution < 1.29 is 27.4 Å². The first kappa shape index (κ1) is 26.2. The smallest absolute Gasteiger partial charge is 0.245 e. The molecule has 34 heavy (non-hydrogen) atoms. The van der Waals surface area contributed by atoms with Gasteiger partial charge in [-0.2, -0.15) is 4.31 Å². The summed E-state index contributed by atoms with van der Waals surface area (Å²) in [5.74, 6) is -1.23. The van der Waals surface area contributed by atoms with E-state index >= 15 is 0 Å². The second-order valence-corrected chi connectivity index (χ2v) is 10.7. The van der Waals surface area contributed by atoms with Gasteiger partial charge < -0.3 is 14.7 Å². The molecule has 0 saturated heterocycles. The predicted octanol–water partition coefficient (Wildman–Crippen LogP) is 1.26. The van der Waals surface area contributed by atoms with Crippen molar-refractivity contribution in [3.05, 3.63) is 42.0 Å². The maximum absolute atomic E-state index is 14.2. The van der Waals surface area contributed by atoms with Crippen LogP contribution in [0.2, 0.25) is 0 Å². The van der Waals surface area contributed by atoms with Gasteiger partial charge in [0, 0.05) is 39.0 Å². The van der Waals surface area contributed by atoms with Crippen molar-refractivity contribution in [3.63, 3.8) is 0 Å². The van der Waals surface area contributed by atoms with E-state index in [1.165, 1.54) is 25.2 Å². The molecule has 2 aromatic rings. The van der Waals surface area contributed by atoms with Gasteiger partial charge in [-0.05, 0) is 25.5 Å². The standard InChI is InChI=1S/C22H32FN5O5S/c1-16-12-27(17(2)14-29)22(30)9-6-10-28-18(11-24-25-28)15-33-20(16)13-26(3)34(31,32)21-8-5-4-7-19(21)23/h4-5,7-8,11,16-17,20,29H,6,9-10,12-15H2,1-3H3/t16-,17-,20+/m1/s1. The Hall–Kier alpha value is -2.41. The van der Waals surface area contributed by atoms with Gasteiger partial charge in [0.1, 0.15) is 10.7 Å². The molecule has 2 heterocycles. The third-order valence-corrected chi connectivity index (χ3v) is 7.96. The van der Waals surface area contributed by atoms with Crippen LogP contribution in [0.3, 0.4) is 0 Å². The maximum atomic E-state index is 14.2. The Bertz CT molecular complexity index is 1080. The number of aliphatic hydroxyl groups is 1. The zero-order valence-corrected chi connectivity index (χ0v) is 20.5. The number of carbonyl (C=O) groups excluding carboxylic acids is 1. The summed E-state index contributed by atoms with van der Waals surface area (Å²) in [4.78, 5) is 14.1. The van der Waals surface area contributed by atoms with E-state index in [-0.39, 0.29) is 44.5 Å². The Morgan fingerprint density at radius 3 is 2.79 bits per heavy atom. The van der Waals surface area contributed by atoms with Gasteiger partial charge >= 0.3 is 0 Å². The first-order valence-electron chi connectivity index (χ1n) is 11.2. The number of benzene rings is 1. The van der Waals surface area contributed by atoms with Gasteiger partial charge in [0.2, 0.25) is 15.9 Å². The molecule has 0 radical (unpaired) electrons. The van der Waals surface area contributed by atoms with Crippen LogP contribution in [0.5, 0.6) is 0 Å². The highest BCUT2D eigenvalue weighted by atomic mass is 32.2. The van der Waals surface area contributed by atoms with Crippen LogP contribution in [-0.2, 0) is 32.7 Å². The van der Waals surface area contributed by atoms with Crippen LogP contribution >= 0.6 is 0 Å². The lowest BCUT2D eigenvalue weighted by Gasteiger charge is -2.35. The van der Waals surface area contributed by atoms with E-state index < -0.39 is 32.9 Å². The largest absolute Gasteiger partial charge is 0.394 e. The zero-order chi connectivity index (χ0) is 24.9. The van der Waals surface area contributed by atoms with E-state index in [0.29, 0.717) is 18.7 Å². The van der Waals surface area contributed by atoms with Crippen LogP contribution in [0, 0.1) is 11.7 Å². The minimum atomic E-state index is -4.11. The molecule has 0 saturated carbocycles. The lowest BCUT2D eigenvalue weighted by atomic mass is 10.0. The second-order valence-electron chi connectivity index (χ2n) is 8.67. The van der Waals surface area contributed by atoms with E-state index in [2.05, 4.69) is 10.3 Å². The number of carbonyl (C=O) groups is 1. The summed E-state index contributed by atoms with van der Waals surface area (Å²) in [6.07, 6.45) is 1.79. The number of aliphatic hydroxyl groups excluding tert-OH is 1. The van der Waals surface area contributed by atoms with Gasteiger partial charge in [0.15, 0.2) is 0 Å². The quantitative estimate of drug-likeness (QED) is 0.638. The van der Waals surface area contributed by atoms with Crippen LogP contribution in [0.25, 0.3) is 0 Å². The zero-order valence-electron chi connectivity index (χ0n) is 19.7. The van der Waals surface area contributed by atoms with Crippen molar-refractivity contribution in [2.24, 2.45) is 5.92 Å². The molecule has 1 aromatic carbocycles. The van der Waals surface area contributed by atoms with Crippen LogP contribution < -0.4 is 0 Å². The molecule has 1 N–H and O–H groups in total. The number of nitrogens with zero attached hydrogens (tertiary/aromatic N) is 5. The number of hydrogen-bond acceptors (Lipinski definition) is 7. The van der Waals surface area contributed by atoms with Crippen molar-refractivity contribution in [2.45, 2.75) is 56.9 Å². The fourth-order valence-electron chi connectivity index (χ4n) is 3.92. The minimum Gasteiger partial charge on any atom is -0.394 e. The van der Waals surface area contributed by atoms with Crippen molar-refractivity contribution in [2.75, 3.05) is 26.7 Å². The highest BCUT2D eigenvalue weighted by Gasteiger charge is 2.32. The number of rotatable bonds is 6. The molecule has 1 aliphatic rings. The topological polar surface area (TPSA) is 118 Å². The minimum absolute atomic E-state index is 0.0606. The summed E-state index contributed by atoms with van der Waals surface area (Å²) in [6.45, 7) is 4.27. The molecular formula is C22H32FN5O5S. The third-order valence-electron chi connectivity index (χ3n) is 6.10. The number of halogens is 1. The van der Waals surface area contributed by atoms with Gasteiger partial charge in [-0.1, -0.05) is 24.3 Å². The summed E-state index contributed by atoms with van der Waals surface area (Å²) in [7, 11) is -2.74. The summed E-state index contributed by atoms with van der Waals surface area (Å²) in [5, 5.41) is 17.6. The Kier molecular flexibility index (Phi) is 8.74. The summed E-state index contributed by atoms with van der Waals surface area (Å²) in [5.41, 5.74) is 0.713. The van der Waals surface area contributed by atoms with Crippen LogP contribution in [0.1, 0.15) is 32.4 Å². The van der Waals surface area contributed by atoms with Gasteiger partial charge in [0.05, 0.1) is 37.3 Å². The number of amides is 1. The van der Waals surface area contributed by atoms with Gasteiger partial charge in [-0.3, -0.25) is 4.79 Å². The number of aromatic nitrogens is 3. The predicted molar refractivity (Wildman–Crippen MR) is 121 cm³/mol. The number of aryl methyl sites for hydroxylation is 1. The Morgan fingerprint density at radius 1 is 1.35 bits per heavy atom. The molecule has 3 rings (SSSR count). The fraction of sp³-hybridized carbons (Fsp3) is 0.591. The second kappa shape index (κ2) is 11.3. The SMILES string of the molecule is C[C@@H]1CN([C@H](C)CO)C(=O)CCCn2nncc2CO[C@H]1CN(C)S(=O)(=O)c1ccccc1F. The molecule has 3 atom stereocenters. The first-order valence-corrected chi connectivity index (χ1v) is 12.7. The monoisotopic (exact) mass is 497 g/mol. The van der Waals surface area contributed by atoms with Gasteiger partial charge in [0.25, 0.3) is 0 Å². The van der Waals surface area contributed by atoms with Crippen LogP contribution in [0.4, 0.5) is 4.39 Å². The van der Waals surface area contributed by atoms with Crippen molar-refractivity contribution in [1.82, 2.24) is 24.2 Å². The van der Waals surface area contributed by atoms with Crippen molar-refractivity contribution in [1.29, 1.82) is 0 Å². The molecule has 188 valence electrons. The van der Waals surface area contributed by atoms with E-state index in [0.717, 1.165) is 10.4 Å². The molecular weight excluding hydrogens is 465 g/mol. The highest BCUT2D eigenvalue weighted by molar-refractivity contribution is 7.89. The number of hydrogen-bond donors (Lipinski definition) is 1. The fourth-order valence-corrected chi connectivity index (χ4v) is 5.16. The molecule has 0 fully saturated rings. The molecule has 1 aliphatic heterocycles. The number of sulfonamides is 1. The van der Waals surface area contributed by atoms with E-state index in [1.54, 1.807) is 22.7 Å². The Labute approximate surface area is 199 Å². The maximum Gasteiger partial charge on any atom is 0.245 e. The lowest BCUT2D eigenvalue weighted by Crippen LogP contribution is -2.48. The molecule has 0 unspecified atom stereocenters. The van der Waals surface area contributed by atoms with E-state index in [4.69, 9.17) is 4.74 Å². The molecule has 1 amide bonds. The lowest BCUT2D eigenvalue weighted by molar-refractivity contribution is -0.136. The van der Waals surface area contributed by atoms with Crippen molar-refractivity contribution in [3.8, 4) is 0 Å². The summed E-state index contributed by atoms with van der Waals surface area (Å²) >= 11 is 0. The van der Waals surface area contributed by atoms with Crippen molar-refractivity contribution >= 4 is 15.9 Å². The Balaban J connectivity index is 1.88. The van der Waals surface area contributed by atoms with E-state index in [9.17, 15) is 22.7 Å². The van der Waals surface area contributed by atoms with E-state index in [1.807, 2.05) is 6.92 Å². The number of fused-ring (bicyclic) bond motifs is 1. The molecule has 1 aromatic heterocycles. The number of likely N-dealkylation sites (N-methyl/N-ethyl adjacent to an activating group) is 1. The average molecular weight is 498 g/mol. The van der Waals surface area contributed by atoms with Crippen LogP contribution in [-0.4, -0.2) is 82.5 Å². The van der Waals surface area contributed by atoms with Crippen LogP contribution in [0.15, 0.2) is 35.4 Å². The molecule has 10 nitrogen and oxygen atoms in total. The molecule has 0 aliphatic carbocycles. The average Bonchev–Trinajstić information content (AvgIpc) is 3.25. The summed E-state index contributed by atoms with van der Waals surface area (Å²) < 4.78 is 49.2. The molecule has 12 heteroatoms. The summed E-state index contributed by atoms with van der Waals surface area (Å²) in [6, 6.07) is 4.81. The normalized spacial score (nSPS) is 21.6. The Morgan fingerprint density at radius 2 is 2.09 bits per heavy atom. The highest BCUT2D eigenvalue weighted by Crippen LogP contribution is 2.22. The molecule has 0 bridgehead atoms.